The first-order valence-corrected chi connectivity index (χ1v) is 6.55. The van der Waals surface area contributed by atoms with E-state index in [-0.39, 0.29) is 11.4 Å². The highest BCUT2D eigenvalue weighted by Gasteiger charge is 2.18. The van der Waals surface area contributed by atoms with Crippen LogP contribution in [0, 0.1) is 12.7 Å². The van der Waals surface area contributed by atoms with Crippen molar-refractivity contribution in [3.8, 4) is 17.1 Å². The van der Waals surface area contributed by atoms with E-state index in [9.17, 15) is 4.39 Å². The molecule has 5 nitrogen and oxygen atoms in total. The maximum Gasteiger partial charge on any atom is 0.190 e. The van der Waals surface area contributed by atoms with Crippen LogP contribution >= 0.6 is 11.6 Å². The number of anilines is 1. The summed E-state index contributed by atoms with van der Waals surface area (Å²) in [7, 11) is 0. The zero-order chi connectivity index (χ0) is 15.0. The molecule has 0 radical (unpaired) electrons. The van der Waals surface area contributed by atoms with E-state index < -0.39 is 5.82 Å². The van der Waals surface area contributed by atoms with E-state index in [4.69, 9.17) is 17.3 Å². The van der Waals surface area contributed by atoms with Crippen LogP contribution in [0.25, 0.3) is 17.1 Å². The third kappa shape index (κ3) is 2.34. The first kappa shape index (κ1) is 13.5. The molecule has 0 spiro atoms. The van der Waals surface area contributed by atoms with E-state index in [1.807, 2.05) is 19.1 Å². The molecule has 1 heterocycles. The Hall–Kier alpha value is -2.47. The fourth-order valence-corrected chi connectivity index (χ4v) is 2.41. The summed E-state index contributed by atoms with van der Waals surface area (Å²) in [5.74, 6) is -0.207. The second-order valence-corrected chi connectivity index (χ2v) is 4.97. The largest absolute Gasteiger partial charge is 0.399 e. The van der Waals surface area contributed by atoms with Gasteiger partial charge in [-0.05, 0) is 47.2 Å². The molecule has 7 heteroatoms. The predicted octanol–water partition coefficient (Wildman–Crippen LogP) is 3.01. The lowest BCUT2D eigenvalue weighted by Crippen LogP contribution is -2.04. The number of tetrazole rings is 1. The highest BCUT2D eigenvalue weighted by atomic mass is 35.5. The summed E-state index contributed by atoms with van der Waals surface area (Å²) in [5.41, 5.74) is 7.85. The van der Waals surface area contributed by atoms with Crippen LogP contribution in [0.3, 0.4) is 0 Å². The van der Waals surface area contributed by atoms with Crippen LogP contribution < -0.4 is 5.73 Å². The first-order chi connectivity index (χ1) is 10.1. The Balaban J connectivity index is 2.25. The summed E-state index contributed by atoms with van der Waals surface area (Å²) in [5, 5.41) is 11.9. The molecule has 106 valence electrons. The number of rotatable bonds is 2. The monoisotopic (exact) mass is 303 g/mol. The van der Waals surface area contributed by atoms with Crippen molar-refractivity contribution >= 4 is 17.3 Å². The molecule has 2 N–H and O–H groups in total. The smallest absolute Gasteiger partial charge is 0.190 e. The Bertz CT molecular complexity index is 795. The van der Waals surface area contributed by atoms with Gasteiger partial charge in [0.05, 0.1) is 16.3 Å². The molecule has 0 amide bonds. The molecule has 0 atom stereocenters. The van der Waals surface area contributed by atoms with Gasteiger partial charge in [-0.15, -0.1) is 5.10 Å². The van der Waals surface area contributed by atoms with Gasteiger partial charge in [0.1, 0.15) is 5.82 Å². The van der Waals surface area contributed by atoms with Gasteiger partial charge in [0.25, 0.3) is 0 Å². The maximum absolute atomic E-state index is 14.0. The van der Waals surface area contributed by atoms with Crippen LogP contribution in [0.5, 0.6) is 0 Å². The molecular formula is C14H11ClFN5. The number of halogens is 2. The highest BCUT2D eigenvalue weighted by Crippen LogP contribution is 2.29. The van der Waals surface area contributed by atoms with Crippen molar-refractivity contribution in [2.45, 2.75) is 6.92 Å². The van der Waals surface area contributed by atoms with E-state index in [1.165, 1.54) is 22.9 Å². The third-order valence-corrected chi connectivity index (χ3v) is 3.41. The lowest BCUT2D eigenvalue weighted by molar-refractivity contribution is 0.629. The Morgan fingerprint density at radius 1 is 1.24 bits per heavy atom. The van der Waals surface area contributed by atoms with Gasteiger partial charge in [0.15, 0.2) is 5.82 Å². The molecule has 2 aromatic carbocycles. The van der Waals surface area contributed by atoms with Crippen LogP contribution in [0.2, 0.25) is 5.02 Å². The van der Waals surface area contributed by atoms with Crippen molar-refractivity contribution in [3.63, 3.8) is 0 Å². The van der Waals surface area contributed by atoms with E-state index in [1.54, 1.807) is 6.07 Å². The van der Waals surface area contributed by atoms with Crippen molar-refractivity contribution in [1.29, 1.82) is 0 Å². The number of hydrogen-bond donors (Lipinski definition) is 1. The second-order valence-electron chi connectivity index (χ2n) is 4.56. The molecule has 0 aliphatic heterocycles. The molecule has 0 bridgehead atoms. The summed E-state index contributed by atoms with van der Waals surface area (Å²) >= 11 is 6.22. The fraction of sp³-hybridized carbons (Fsp3) is 0.0714. The number of aromatic nitrogens is 4. The molecule has 0 aliphatic rings. The summed E-state index contributed by atoms with van der Waals surface area (Å²) in [6, 6.07) is 9.68. The van der Waals surface area contributed by atoms with Crippen molar-refractivity contribution in [2.75, 3.05) is 5.73 Å². The van der Waals surface area contributed by atoms with Gasteiger partial charge in [-0.25, -0.2) is 4.39 Å². The number of hydrogen-bond acceptors (Lipinski definition) is 4. The van der Waals surface area contributed by atoms with Crippen LogP contribution in [0.4, 0.5) is 10.1 Å². The van der Waals surface area contributed by atoms with Crippen molar-refractivity contribution in [2.24, 2.45) is 0 Å². The zero-order valence-corrected chi connectivity index (χ0v) is 11.8. The molecule has 0 aliphatic carbocycles. The van der Waals surface area contributed by atoms with Crippen molar-refractivity contribution in [1.82, 2.24) is 20.2 Å². The lowest BCUT2D eigenvalue weighted by atomic mass is 10.1. The predicted molar refractivity (Wildman–Crippen MR) is 78.7 cm³/mol. The zero-order valence-electron chi connectivity index (χ0n) is 11.1. The molecule has 0 fully saturated rings. The number of benzene rings is 2. The Morgan fingerprint density at radius 2 is 2.05 bits per heavy atom. The van der Waals surface area contributed by atoms with E-state index in [2.05, 4.69) is 15.5 Å². The summed E-state index contributed by atoms with van der Waals surface area (Å²) in [6.07, 6.45) is 0. The highest BCUT2D eigenvalue weighted by molar-refractivity contribution is 6.32. The van der Waals surface area contributed by atoms with Gasteiger partial charge in [0.2, 0.25) is 0 Å². The minimum absolute atomic E-state index is 0.222. The van der Waals surface area contributed by atoms with Gasteiger partial charge in [-0.3, -0.25) is 0 Å². The minimum Gasteiger partial charge on any atom is -0.399 e. The van der Waals surface area contributed by atoms with Gasteiger partial charge >= 0.3 is 0 Å². The van der Waals surface area contributed by atoms with Crippen molar-refractivity contribution < 1.29 is 4.39 Å². The number of aryl methyl sites for hydroxylation is 1. The second kappa shape index (κ2) is 5.14. The summed E-state index contributed by atoms with van der Waals surface area (Å²) in [4.78, 5) is 0. The quantitative estimate of drug-likeness (QED) is 0.739. The summed E-state index contributed by atoms with van der Waals surface area (Å²) in [6.45, 7) is 1.88. The van der Waals surface area contributed by atoms with Gasteiger partial charge < -0.3 is 5.73 Å². The van der Waals surface area contributed by atoms with Gasteiger partial charge in [-0.1, -0.05) is 23.7 Å². The van der Waals surface area contributed by atoms with E-state index >= 15 is 0 Å². The van der Waals surface area contributed by atoms with E-state index in [0.29, 0.717) is 16.4 Å². The van der Waals surface area contributed by atoms with Crippen molar-refractivity contribution in [3.05, 3.63) is 52.8 Å². The van der Waals surface area contributed by atoms with Gasteiger partial charge in [0, 0.05) is 5.69 Å². The first-order valence-electron chi connectivity index (χ1n) is 6.17. The molecular weight excluding hydrogens is 293 g/mol. The number of nitrogen functional groups attached to an aromatic ring is 1. The lowest BCUT2D eigenvalue weighted by Gasteiger charge is -2.10. The Labute approximate surface area is 125 Å². The Kier molecular flexibility index (Phi) is 3.31. The SMILES string of the molecule is Cc1cccc(Cl)c1-n1nnnc1-c1cc(N)ccc1F. The standard InChI is InChI=1S/C14H11ClFN5/c1-8-3-2-4-11(15)13(8)21-14(18-19-20-21)10-7-9(17)5-6-12(10)16/h2-7H,17H2,1H3. The molecule has 3 aromatic rings. The minimum atomic E-state index is -0.454. The normalized spacial score (nSPS) is 10.8. The fourth-order valence-electron chi connectivity index (χ4n) is 2.11. The number of para-hydroxylation sites is 1. The maximum atomic E-state index is 14.0. The molecule has 0 unspecified atom stereocenters. The molecule has 0 saturated heterocycles. The van der Waals surface area contributed by atoms with Crippen LogP contribution in [0.15, 0.2) is 36.4 Å². The Morgan fingerprint density at radius 3 is 2.81 bits per heavy atom. The van der Waals surface area contributed by atoms with E-state index in [0.717, 1.165) is 5.56 Å². The number of nitrogens with zero attached hydrogens (tertiary/aromatic N) is 4. The molecule has 3 rings (SSSR count). The van der Waals surface area contributed by atoms with Crippen LogP contribution in [-0.2, 0) is 0 Å². The topological polar surface area (TPSA) is 69.6 Å². The third-order valence-electron chi connectivity index (χ3n) is 3.10. The average molecular weight is 304 g/mol. The van der Waals surface area contributed by atoms with Crippen LogP contribution in [0.1, 0.15) is 5.56 Å². The van der Waals surface area contributed by atoms with Crippen LogP contribution in [-0.4, -0.2) is 20.2 Å². The molecule has 21 heavy (non-hydrogen) atoms. The summed E-state index contributed by atoms with van der Waals surface area (Å²) < 4.78 is 15.4. The number of nitrogens with two attached hydrogens (primary N) is 1. The molecule has 1 aromatic heterocycles. The molecule has 0 saturated carbocycles. The average Bonchev–Trinajstić information content (AvgIpc) is 2.90. The van der Waals surface area contributed by atoms with Gasteiger partial charge in [-0.2, -0.15) is 4.68 Å².